The average molecular weight is 266 g/mol. The van der Waals surface area contributed by atoms with Crippen LogP contribution in [-0.2, 0) is 16.6 Å². The smallest absolute Gasteiger partial charge is 0.147 e. The van der Waals surface area contributed by atoms with Crippen molar-refractivity contribution in [3.63, 3.8) is 0 Å². The van der Waals surface area contributed by atoms with E-state index in [4.69, 9.17) is 0 Å². The normalized spacial score (nSPS) is 11.4. The fourth-order valence-electron chi connectivity index (χ4n) is 2.40. The molecule has 0 aliphatic carbocycles. The number of hydrogen-bond donors (Lipinski definition) is 0. The molecule has 0 saturated heterocycles. The van der Waals surface area contributed by atoms with Gasteiger partial charge in [0.25, 0.3) is 0 Å². The van der Waals surface area contributed by atoms with Gasteiger partial charge in [0.15, 0.2) is 0 Å². The summed E-state index contributed by atoms with van der Waals surface area (Å²) in [5.74, 6) is 0.261. The zero-order valence-corrected chi connectivity index (χ0v) is 12.7. The van der Waals surface area contributed by atoms with Crippen LogP contribution in [0.2, 0.25) is 0 Å². The van der Waals surface area contributed by atoms with Crippen LogP contribution in [0.1, 0.15) is 36.1 Å². The molecule has 0 aromatic heterocycles. The first-order valence-electron chi connectivity index (χ1n) is 7.06. The molecule has 0 atom stereocenters. The van der Waals surface area contributed by atoms with Crippen molar-refractivity contribution in [3.05, 3.63) is 70.8 Å². The van der Waals surface area contributed by atoms with Crippen molar-refractivity contribution in [1.82, 2.24) is 0 Å². The van der Waals surface area contributed by atoms with E-state index in [1.54, 1.807) is 0 Å². The molecule has 2 aromatic carbocycles. The van der Waals surface area contributed by atoms with E-state index in [-0.39, 0.29) is 5.78 Å². The van der Waals surface area contributed by atoms with Gasteiger partial charge in [0.1, 0.15) is 5.78 Å². The monoisotopic (exact) mass is 266 g/mol. The number of ketones is 1. The van der Waals surface area contributed by atoms with E-state index in [2.05, 4.69) is 32.0 Å². The quantitative estimate of drug-likeness (QED) is 0.802. The molecule has 0 spiro atoms. The number of aryl methyl sites for hydroxylation is 2. The second-order valence-corrected chi connectivity index (χ2v) is 6.02. The summed E-state index contributed by atoms with van der Waals surface area (Å²) in [5.41, 5.74) is 4.16. The third kappa shape index (κ3) is 2.98. The Hall–Kier alpha value is -1.89. The van der Waals surface area contributed by atoms with E-state index in [0.717, 1.165) is 11.1 Å². The van der Waals surface area contributed by atoms with Gasteiger partial charge in [-0.05, 0) is 44.4 Å². The number of benzene rings is 2. The van der Waals surface area contributed by atoms with Crippen molar-refractivity contribution in [1.29, 1.82) is 0 Å². The summed E-state index contributed by atoms with van der Waals surface area (Å²) < 4.78 is 0. The van der Waals surface area contributed by atoms with E-state index in [1.807, 2.05) is 44.2 Å². The summed E-state index contributed by atoms with van der Waals surface area (Å²) in [6.07, 6.45) is 0.495. The largest absolute Gasteiger partial charge is 0.298 e. The topological polar surface area (TPSA) is 17.1 Å². The van der Waals surface area contributed by atoms with Crippen LogP contribution in [0.4, 0.5) is 0 Å². The molecule has 0 N–H and O–H groups in total. The molecule has 0 bridgehead atoms. The van der Waals surface area contributed by atoms with Gasteiger partial charge in [-0.2, -0.15) is 0 Å². The van der Waals surface area contributed by atoms with Crippen molar-refractivity contribution in [3.8, 4) is 0 Å². The van der Waals surface area contributed by atoms with Crippen molar-refractivity contribution in [2.24, 2.45) is 0 Å². The SMILES string of the molecule is Cc1ccc(C)c(CC(=O)C(C)(C)c2ccccc2)c1. The van der Waals surface area contributed by atoms with E-state index >= 15 is 0 Å². The third-order valence-corrected chi connectivity index (χ3v) is 4.05. The van der Waals surface area contributed by atoms with Crippen molar-refractivity contribution >= 4 is 5.78 Å². The van der Waals surface area contributed by atoms with Gasteiger partial charge in [-0.3, -0.25) is 4.79 Å². The van der Waals surface area contributed by atoms with E-state index in [1.165, 1.54) is 11.1 Å². The first kappa shape index (κ1) is 14.5. The molecule has 1 nitrogen and oxygen atoms in total. The van der Waals surface area contributed by atoms with Gasteiger partial charge in [0.05, 0.1) is 0 Å². The standard InChI is InChI=1S/C19H22O/c1-14-10-11-15(2)16(12-14)13-18(20)19(3,4)17-8-6-5-7-9-17/h5-12H,13H2,1-4H3. The number of carbonyl (C=O) groups excluding carboxylic acids is 1. The predicted molar refractivity (Wildman–Crippen MR) is 84.1 cm³/mol. The Bertz CT molecular complexity index is 609. The molecule has 104 valence electrons. The molecule has 0 unspecified atom stereocenters. The number of hydrogen-bond acceptors (Lipinski definition) is 1. The second-order valence-electron chi connectivity index (χ2n) is 6.02. The van der Waals surface area contributed by atoms with Crippen molar-refractivity contribution in [2.45, 2.75) is 39.5 Å². The maximum atomic E-state index is 12.7. The van der Waals surface area contributed by atoms with E-state index < -0.39 is 5.41 Å². The molecule has 1 heteroatoms. The molecule has 0 aliphatic heterocycles. The molecule has 2 aromatic rings. The molecule has 0 amide bonds. The second kappa shape index (κ2) is 5.62. The first-order chi connectivity index (χ1) is 9.41. The highest BCUT2D eigenvalue weighted by Crippen LogP contribution is 2.26. The summed E-state index contributed by atoms with van der Waals surface area (Å²) in [6.45, 7) is 8.15. The van der Waals surface area contributed by atoms with Gasteiger partial charge in [-0.15, -0.1) is 0 Å². The lowest BCUT2D eigenvalue weighted by atomic mass is 9.78. The van der Waals surface area contributed by atoms with Crippen LogP contribution in [-0.4, -0.2) is 5.78 Å². The van der Waals surface area contributed by atoms with Gasteiger partial charge in [0, 0.05) is 11.8 Å². The van der Waals surface area contributed by atoms with Crippen LogP contribution in [0.25, 0.3) is 0 Å². The minimum Gasteiger partial charge on any atom is -0.298 e. The highest BCUT2D eigenvalue weighted by molar-refractivity contribution is 5.91. The molecule has 20 heavy (non-hydrogen) atoms. The van der Waals surface area contributed by atoms with Crippen molar-refractivity contribution in [2.75, 3.05) is 0 Å². The van der Waals surface area contributed by atoms with E-state index in [9.17, 15) is 4.79 Å². The Labute approximate surface area is 121 Å². The Morgan fingerprint density at radius 3 is 2.30 bits per heavy atom. The zero-order valence-electron chi connectivity index (χ0n) is 12.7. The number of Topliss-reactive ketones (excluding diaryl/α,β-unsaturated/α-hetero) is 1. The Morgan fingerprint density at radius 2 is 1.65 bits per heavy atom. The lowest BCUT2D eigenvalue weighted by Gasteiger charge is -2.24. The summed E-state index contributed by atoms with van der Waals surface area (Å²) in [6, 6.07) is 16.3. The summed E-state index contributed by atoms with van der Waals surface area (Å²) in [5, 5.41) is 0. The van der Waals surface area contributed by atoms with Gasteiger partial charge in [-0.25, -0.2) is 0 Å². The van der Waals surface area contributed by atoms with Crippen LogP contribution in [0.3, 0.4) is 0 Å². The van der Waals surface area contributed by atoms with Crippen LogP contribution < -0.4 is 0 Å². The molecule has 0 aliphatic rings. The predicted octanol–water partition coefficient (Wildman–Crippen LogP) is 4.39. The van der Waals surface area contributed by atoms with E-state index in [0.29, 0.717) is 6.42 Å². The van der Waals surface area contributed by atoms with Crippen LogP contribution in [0.15, 0.2) is 48.5 Å². The maximum absolute atomic E-state index is 12.7. The highest BCUT2D eigenvalue weighted by atomic mass is 16.1. The van der Waals surface area contributed by atoms with Crippen LogP contribution >= 0.6 is 0 Å². The molecule has 2 rings (SSSR count). The molecular formula is C19H22O. The van der Waals surface area contributed by atoms with Gasteiger partial charge < -0.3 is 0 Å². The molecule has 0 radical (unpaired) electrons. The van der Waals surface area contributed by atoms with Crippen molar-refractivity contribution < 1.29 is 4.79 Å². The lowest BCUT2D eigenvalue weighted by molar-refractivity contribution is -0.122. The maximum Gasteiger partial charge on any atom is 0.147 e. The Morgan fingerprint density at radius 1 is 1.00 bits per heavy atom. The Balaban J connectivity index is 2.26. The Kier molecular flexibility index (Phi) is 4.08. The molecule has 0 saturated carbocycles. The number of rotatable bonds is 4. The minimum atomic E-state index is -0.447. The summed E-state index contributed by atoms with van der Waals surface area (Å²) in [7, 11) is 0. The minimum absolute atomic E-state index is 0.261. The van der Waals surface area contributed by atoms with Crippen LogP contribution in [0, 0.1) is 13.8 Å². The zero-order chi connectivity index (χ0) is 14.8. The highest BCUT2D eigenvalue weighted by Gasteiger charge is 2.29. The summed E-state index contributed by atoms with van der Waals surface area (Å²) in [4.78, 5) is 12.7. The fourth-order valence-corrected chi connectivity index (χ4v) is 2.40. The molecule has 0 heterocycles. The fraction of sp³-hybridized carbons (Fsp3) is 0.316. The van der Waals surface area contributed by atoms with Gasteiger partial charge in [-0.1, -0.05) is 54.1 Å². The summed E-state index contributed by atoms with van der Waals surface area (Å²) >= 11 is 0. The average Bonchev–Trinajstić information content (AvgIpc) is 2.43. The lowest BCUT2D eigenvalue weighted by Crippen LogP contribution is -2.30. The van der Waals surface area contributed by atoms with Gasteiger partial charge in [0.2, 0.25) is 0 Å². The van der Waals surface area contributed by atoms with Gasteiger partial charge >= 0.3 is 0 Å². The van der Waals surface area contributed by atoms with Crippen LogP contribution in [0.5, 0.6) is 0 Å². The number of carbonyl (C=O) groups is 1. The molecular weight excluding hydrogens is 244 g/mol. The first-order valence-corrected chi connectivity index (χ1v) is 7.06. The third-order valence-electron chi connectivity index (χ3n) is 4.05. The molecule has 0 fully saturated rings.